The third-order valence-electron chi connectivity index (χ3n) is 4.94. The number of nitrogens with zero attached hydrogens (tertiary/aromatic N) is 2. The Balaban J connectivity index is 1.30. The van der Waals surface area contributed by atoms with Crippen molar-refractivity contribution in [2.75, 3.05) is 23.8 Å². The second kappa shape index (κ2) is 7.84. The molecule has 2 heterocycles. The number of amides is 3. The number of hydrogen-bond donors (Lipinski definition) is 3. The van der Waals surface area contributed by atoms with E-state index in [-0.39, 0.29) is 18.5 Å². The first-order chi connectivity index (χ1) is 13.6. The molecule has 1 aromatic heterocycles. The first kappa shape index (κ1) is 18.2. The molecule has 4 rings (SSSR count). The van der Waals surface area contributed by atoms with Crippen molar-refractivity contribution in [3.63, 3.8) is 0 Å². The molecular formula is C20H23N5O3. The highest BCUT2D eigenvalue weighted by Crippen LogP contribution is 2.30. The number of rotatable bonds is 4. The predicted molar refractivity (Wildman–Crippen MR) is 105 cm³/mol. The van der Waals surface area contributed by atoms with Crippen molar-refractivity contribution in [2.45, 2.75) is 39.0 Å². The van der Waals surface area contributed by atoms with Crippen LogP contribution in [0, 0.1) is 6.92 Å². The van der Waals surface area contributed by atoms with E-state index in [1.54, 1.807) is 18.2 Å². The fraction of sp³-hybridized carbons (Fsp3) is 0.400. The fourth-order valence-corrected chi connectivity index (χ4v) is 3.57. The topological polar surface area (TPSA) is 105 Å². The van der Waals surface area contributed by atoms with Crippen molar-refractivity contribution in [1.82, 2.24) is 15.3 Å². The summed E-state index contributed by atoms with van der Waals surface area (Å²) in [5.74, 6) is 1.12. The van der Waals surface area contributed by atoms with Crippen LogP contribution < -0.4 is 20.7 Å². The van der Waals surface area contributed by atoms with Gasteiger partial charge in [-0.2, -0.15) is 0 Å². The summed E-state index contributed by atoms with van der Waals surface area (Å²) >= 11 is 0. The van der Waals surface area contributed by atoms with Crippen LogP contribution in [0.1, 0.15) is 35.6 Å². The number of carbonyl (C=O) groups excluding carboxylic acids is 2. The highest BCUT2D eigenvalue weighted by Gasteiger charge is 2.17. The summed E-state index contributed by atoms with van der Waals surface area (Å²) < 4.78 is 5.35. The lowest BCUT2D eigenvalue weighted by Crippen LogP contribution is -2.31. The van der Waals surface area contributed by atoms with Crippen molar-refractivity contribution >= 4 is 23.3 Å². The van der Waals surface area contributed by atoms with Crippen LogP contribution in [-0.4, -0.2) is 35.1 Å². The van der Waals surface area contributed by atoms with Gasteiger partial charge in [0.15, 0.2) is 6.61 Å². The average molecular weight is 381 g/mol. The molecule has 0 saturated carbocycles. The van der Waals surface area contributed by atoms with Crippen LogP contribution in [0.25, 0.3) is 0 Å². The standard InChI is InChI=1S/C20H23N5O3/c1-12-14-4-2-3-5-15(14)24-18(22-12)8-9-21-20(27)23-13-6-7-16-17(10-13)28-11-19(26)25-16/h6-7,10H,2-5,8-9,11H2,1H3,(H,25,26)(H2,21,23,27). The quantitative estimate of drug-likeness (QED) is 0.754. The van der Waals surface area contributed by atoms with Gasteiger partial charge in [0.25, 0.3) is 5.91 Å². The Kier molecular flexibility index (Phi) is 5.10. The zero-order chi connectivity index (χ0) is 19.5. The Bertz CT molecular complexity index is 928. The Labute approximate surface area is 163 Å². The lowest BCUT2D eigenvalue weighted by molar-refractivity contribution is -0.118. The van der Waals surface area contributed by atoms with E-state index in [4.69, 9.17) is 4.74 Å². The lowest BCUT2D eigenvalue weighted by atomic mass is 9.95. The van der Waals surface area contributed by atoms with Crippen LogP contribution in [-0.2, 0) is 24.1 Å². The van der Waals surface area contributed by atoms with Gasteiger partial charge in [-0.25, -0.2) is 14.8 Å². The smallest absolute Gasteiger partial charge is 0.319 e. The number of nitrogens with one attached hydrogen (secondary N) is 3. The van der Waals surface area contributed by atoms with Gasteiger partial charge in [0.2, 0.25) is 0 Å². The molecular weight excluding hydrogens is 358 g/mol. The fourth-order valence-electron chi connectivity index (χ4n) is 3.57. The summed E-state index contributed by atoms with van der Waals surface area (Å²) in [7, 11) is 0. The number of carbonyl (C=O) groups is 2. The molecule has 146 valence electrons. The van der Waals surface area contributed by atoms with Gasteiger partial charge in [0, 0.05) is 36.1 Å². The molecule has 1 aliphatic carbocycles. The Morgan fingerprint density at radius 1 is 1.25 bits per heavy atom. The molecule has 28 heavy (non-hydrogen) atoms. The van der Waals surface area contributed by atoms with Gasteiger partial charge in [-0.15, -0.1) is 0 Å². The van der Waals surface area contributed by atoms with Gasteiger partial charge in [-0.3, -0.25) is 4.79 Å². The van der Waals surface area contributed by atoms with Crippen molar-refractivity contribution in [3.8, 4) is 5.75 Å². The van der Waals surface area contributed by atoms with Crippen LogP contribution in [0.15, 0.2) is 18.2 Å². The van der Waals surface area contributed by atoms with E-state index in [0.717, 1.165) is 24.4 Å². The molecule has 0 spiro atoms. The maximum Gasteiger partial charge on any atom is 0.319 e. The summed E-state index contributed by atoms with van der Waals surface area (Å²) in [5, 5.41) is 8.31. The van der Waals surface area contributed by atoms with E-state index in [1.165, 1.54) is 24.1 Å². The minimum Gasteiger partial charge on any atom is -0.482 e. The molecule has 0 bridgehead atoms. The second-order valence-corrected chi connectivity index (χ2v) is 7.04. The zero-order valence-electron chi connectivity index (χ0n) is 15.8. The molecule has 2 aliphatic rings. The molecule has 0 atom stereocenters. The van der Waals surface area contributed by atoms with E-state index < -0.39 is 0 Å². The molecule has 0 fully saturated rings. The highest BCUT2D eigenvalue weighted by molar-refractivity contribution is 5.96. The number of fused-ring (bicyclic) bond motifs is 2. The SMILES string of the molecule is Cc1nc(CCNC(=O)Nc2ccc3c(c2)OCC(=O)N3)nc2c1CCCC2. The van der Waals surface area contributed by atoms with E-state index in [1.807, 2.05) is 6.92 Å². The second-order valence-electron chi connectivity index (χ2n) is 7.04. The van der Waals surface area contributed by atoms with Gasteiger partial charge in [-0.05, 0) is 50.3 Å². The molecule has 8 heteroatoms. The monoisotopic (exact) mass is 381 g/mol. The normalized spacial score (nSPS) is 15.0. The van der Waals surface area contributed by atoms with Crippen LogP contribution in [0.4, 0.5) is 16.2 Å². The van der Waals surface area contributed by atoms with Gasteiger partial charge < -0.3 is 20.7 Å². The molecule has 8 nitrogen and oxygen atoms in total. The van der Waals surface area contributed by atoms with Gasteiger partial charge in [0.1, 0.15) is 11.6 Å². The van der Waals surface area contributed by atoms with Crippen LogP contribution in [0.5, 0.6) is 5.75 Å². The van der Waals surface area contributed by atoms with Crippen molar-refractivity contribution < 1.29 is 14.3 Å². The highest BCUT2D eigenvalue weighted by atomic mass is 16.5. The summed E-state index contributed by atoms with van der Waals surface area (Å²) in [5.41, 5.74) is 4.71. The maximum atomic E-state index is 12.1. The van der Waals surface area contributed by atoms with Gasteiger partial charge in [-0.1, -0.05) is 0 Å². The van der Waals surface area contributed by atoms with Gasteiger partial charge >= 0.3 is 6.03 Å². The van der Waals surface area contributed by atoms with Crippen molar-refractivity contribution in [2.24, 2.45) is 0 Å². The molecule has 1 aliphatic heterocycles. The van der Waals surface area contributed by atoms with Crippen LogP contribution in [0.3, 0.4) is 0 Å². The molecule has 2 aromatic rings. The molecule has 1 aromatic carbocycles. The van der Waals surface area contributed by atoms with Crippen molar-refractivity contribution in [1.29, 1.82) is 0 Å². The number of hydrogen-bond acceptors (Lipinski definition) is 5. The average Bonchev–Trinajstić information content (AvgIpc) is 2.68. The first-order valence-electron chi connectivity index (χ1n) is 9.55. The number of aromatic nitrogens is 2. The molecule has 0 unspecified atom stereocenters. The number of benzene rings is 1. The Hall–Kier alpha value is -3.16. The molecule has 0 radical (unpaired) electrons. The maximum absolute atomic E-state index is 12.1. The first-order valence-corrected chi connectivity index (χ1v) is 9.55. The summed E-state index contributed by atoms with van der Waals surface area (Å²) in [6.07, 6.45) is 5.05. The molecule has 3 N–H and O–H groups in total. The van der Waals surface area contributed by atoms with E-state index >= 15 is 0 Å². The Morgan fingerprint density at radius 3 is 3.00 bits per heavy atom. The number of anilines is 2. The zero-order valence-corrected chi connectivity index (χ0v) is 15.8. The van der Waals surface area contributed by atoms with Gasteiger partial charge in [0.05, 0.1) is 5.69 Å². The van der Waals surface area contributed by atoms with E-state index in [0.29, 0.717) is 30.1 Å². The number of ether oxygens (including phenoxy) is 1. The third kappa shape index (κ3) is 4.05. The summed E-state index contributed by atoms with van der Waals surface area (Å²) in [6.45, 7) is 2.46. The van der Waals surface area contributed by atoms with Crippen LogP contribution >= 0.6 is 0 Å². The summed E-state index contributed by atoms with van der Waals surface area (Å²) in [6, 6.07) is 4.79. The third-order valence-corrected chi connectivity index (χ3v) is 4.94. The van der Waals surface area contributed by atoms with E-state index in [2.05, 4.69) is 25.9 Å². The number of aryl methyl sites for hydroxylation is 2. The minimum absolute atomic E-state index is 0.0250. The molecule has 3 amide bonds. The summed E-state index contributed by atoms with van der Waals surface area (Å²) in [4.78, 5) is 32.7. The minimum atomic E-state index is -0.311. The molecule has 0 saturated heterocycles. The predicted octanol–water partition coefficient (Wildman–Crippen LogP) is 2.36. The van der Waals surface area contributed by atoms with Crippen LogP contribution in [0.2, 0.25) is 0 Å². The van der Waals surface area contributed by atoms with Crippen molar-refractivity contribution in [3.05, 3.63) is 41.0 Å². The van der Waals surface area contributed by atoms with E-state index in [9.17, 15) is 9.59 Å². The largest absolute Gasteiger partial charge is 0.482 e. The Morgan fingerprint density at radius 2 is 2.11 bits per heavy atom. The number of urea groups is 1. The lowest BCUT2D eigenvalue weighted by Gasteiger charge is -2.19.